The van der Waals surface area contributed by atoms with E-state index in [9.17, 15) is 0 Å². The summed E-state index contributed by atoms with van der Waals surface area (Å²) in [4.78, 5) is 8.57. The van der Waals surface area contributed by atoms with Crippen LogP contribution in [-0.4, -0.2) is 37.2 Å². The van der Waals surface area contributed by atoms with E-state index in [0.29, 0.717) is 6.54 Å². The third kappa shape index (κ3) is 6.45. The van der Waals surface area contributed by atoms with Gasteiger partial charge in [0.2, 0.25) is 0 Å². The number of aromatic nitrogens is 1. The summed E-state index contributed by atoms with van der Waals surface area (Å²) in [6.45, 7) is 7.58. The van der Waals surface area contributed by atoms with E-state index in [-0.39, 0.29) is 6.10 Å². The van der Waals surface area contributed by atoms with E-state index in [2.05, 4.69) is 39.7 Å². The van der Waals surface area contributed by atoms with E-state index < -0.39 is 0 Å². The van der Waals surface area contributed by atoms with Crippen LogP contribution in [0.25, 0.3) is 0 Å². The number of nitrogens with one attached hydrogen (secondary N) is 2. The molecule has 1 atom stereocenters. The predicted octanol–water partition coefficient (Wildman–Crippen LogP) is 2.87. The molecule has 0 fully saturated rings. The van der Waals surface area contributed by atoms with Crippen molar-refractivity contribution >= 4 is 5.96 Å². The number of pyridine rings is 1. The third-order valence-electron chi connectivity index (χ3n) is 3.88. The van der Waals surface area contributed by atoms with Gasteiger partial charge in [-0.05, 0) is 50.5 Å². The SMILES string of the molecule is CN=C(NCCc1ccc(C)nc1)NCC(C)Oc1ccccc1C. The minimum atomic E-state index is 0.0425. The van der Waals surface area contributed by atoms with Crippen molar-refractivity contribution in [3.63, 3.8) is 0 Å². The second kappa shape index (κ2) is 9.67. The zero-order chi connectivity index (χ0) is 18.1. The first-order valence-corrected chi connectivity index (χ1v) is 8.67. The molecule has 0 saturated carbocycles. The lowest BCUT2D eigenvalue weighted by Gasteiger charge is -2.18. The molecule has 134 valence electrons. The molecule has 0 aliphatic heterocycles. The summed E-state index contributed by atoms with van der Waals surface area (Å²) in [7, 11) is 1.77. The summed E-state index contributed by atoms with van der Waals surface area (Å²) in [5, 5.41) is 6.62. The van der Waals surface area contributed by atoms with Crippen LogP contribution in [0.5, 0.6) is 5.75 Å². The van der Waals surface area contributed by atoms with Gasteiger partial charge < -0.3 is 15.4 Å². The highest BCUT2D eigenvalue weighted by atomic mass is 16.5. The van der Waals surface area contributed by atoms with E-state index in [4.69, 9.17) is 4.74 Å². The van der Waals surface area contributed by atoms with Crippen LogP contribution in [0.1, 0.15) is 23.7 Å². The fraction of sp³-hybridized carbons (Fsp3) is 0.400. The van der Waals surface area contributed by atoms with Gasteiger partial charge in [0.25, 0.3) is 0 Å². The van der Waals surface area contributed by atoms with Gasteiger partial charge in [0.15, 0.2) is 5.96 Å². The van der Waals surface area contributed by atoms with Crippen LogP contribution in [0.3, 0.4) is 0 Å². The Morgan fingerprint density at radius 3 is 2.64 bits per heavy atom. The average molecular weight is 340 g/mol. The zero-order valence-corrected chi connectivity index (χ0v) is 15.5. The number of guanidine groups is 1. The van der Waals surface area contributed by atoms with Gasteiger partial charge in [-0.15, -0.1) is 0 Å². The Morgan fingerprint density at radius 1 is 1.16 bits per heavy atom. The third-order valence-corrected chi connectivity index (χ3v) is 3.88. The summed E-state index contributed by atoms with van der Waals surface area (Å²) in [6, 6.07) is 12.2. The molecule has 1 aromatic heterocycles. The van der Waals surface area contributed by atoms with Crippen molar-refractivity contribution in [1.82, 2.24) is 15.6 Å². The van der Waals surface area contributed by atoms with Crippen molar-refractivity contribution in [2.75, 3.05) is 20.1 Å². The summed E-state index contributed by atoms with van der Waals surface area (Å²) >= 11 is 0. The molecule has 2 rings (SSSR count). The van der Waals surface area contributed by atoms with Crippen LogP contribution in [0.2, 0.25) is 0 Å². The van der Waals surface area contributed by atoms with E-state index >= 15 is 0 Å². The molecule has 25 heavy (non-hydrogen) atoms. The summed E-state index contributed by atoms with van der Waals surface area (Å²) in [6.07, 6.45) is 2.87. The number of ether oxygens (including phenoxy) is 1. The lowest BCUT2D eigenvalue weighted by atomic mass is 10.2. The van der Waals surface area contributed by atoms with Gasteiger partial charge in [0, 0.05) is 25.5 Å². The van der Waals surface area contributed by atoms with E-state index in [1.807, 2.05) is 44.3 Å². The van der Waals surface area contributed by atoms with Crippen LogP contribution < -0.4 is 15.4 Å². The quantitative estimate of drug-likeness (QED) is 0.601. The van der Waals surface area contributed by atoms with Gasteiger partial charge >= 0.3 is 0 Å². The smallest absolute Gasteiger partial charge is 0.191 e. The van der Waals surface area contributed by atoms with Crippen molar-refractivity contribution < 1.29 is 4.74 Å². The minimum Gasteiger partial charge on any atom is -0.489 e. The Kier molecular flexibility index (Phi) is 7.26. The van der Waals surface area contributed by atoms with Crippen molar-refractivity contribution in [3.8, 4) is 5.75 Å². The maximum Gasteiger partial charge on any atom is 0.191 e. The molecule has 0 spiro atoms. The Hall–Kier alpha value is -2.56. The van der Waals surface area contributed by atoms with Crippen LogP contribution >= 0.6 is 0 Å². The second-order valence-corrected chi connectivity index (χ2v) is 6.13. The molecule has 0 amide bonds. The largest absolute Gasteiger partial charge is 0.489 e. The molecule has 2 aromatic rings. The standard InChI is InChI=1S/C20H28N4O/c1-15-7-5-6-8-19(15)25-17(3)13-24-20(21-4)22-12-11-18-10-9-16(2)23-14-18/h5-10,14,17H,11-13H2,1-4H3,(H2,21,22,24). The number of nitrogens with zero attached hydrogens (tertiary/aromatic N) is 2. The van der Waals surface area contributed by atoms with Gasteiger partial charge in [-0.1, -0.05) is 24.3 Å². The van der Waals surface area contributed by atoms with Crippen LogP contribution in [0.15, 0.2) is 47.6 Å². The van der Waals surface area contributed by atoms with Crippen LogP contribution in [-0.2, 0) is 6.42 Å². The first-order valence-electron chi connectivity index (χ1n) is 8.67. The summed E-state index contributed by atoms with van der Waals surface area (Å²) < 4.78 is 5.97. The fourth-order valence-electron chi connectivity index (χ4n) is 2.38. The Balaban J connectivity index is 1.72. The van der Waals surface area contributed by atoms with Gasteiger partial charge in [-0.25, -0.2) is 0 Å². The van der Waals surface area contributed by atoms with Crippen molar-refractivity contribution in [1.29, 1.82) is 0 Å². The molecular formula is C20H28N4O. The Morgan fingerprint density at radius 2 is 1.96 bits per heavy atom. The normalized spacial score (nSPS) is 12.6. The monoisotopic (exact) mass is 340 g/mol. The number of hydrogen-bond donors (Lipinski definition) is 2. The van der Waals surface area contributed by atoms with Crippen molar-refractivity contribution in [2.45, 2.75) is 33.3 Å². The Bertz CT molecular complexity index is 682. The first-order chi connectivity index (χ1) is 12.1. The van der Waals surface area contributed by atoms with Gasteiger partial charge in [-0.2, -0.15) is 0 Å². The maximum absolute atomic E-state index is 5.97. The molecule has 1 unspecified atom stereocenters. The van der Waals surface area contributed by atoms with Crippen LogP contribution in [0, 0.1) is 13.8 Å². The highest BCUT2D eigenvalue weighted by Crippen LogP contribution is 2.17. The minimum absolute atomic E-state index is 0.0425. The molecule has 0 saturated heterocycles. The number of aryl methyl sites for hydroxylation is 2. The molecule has 5 nitrogen and oxygen atoms in total. The topological polar surface area (TPSA) is 58.5 Å². The van der Waals surface area contributed by atoms with Gasteiger partial charge in [-0.3, -0.25) is 9.98 Å². The maximum atomic E-state index is 5.97. The number of rotatable bonds is 7. The van der Waals surface area contributed by atoms with Crippen molar-refractivity contribution in [3.05, 3.63) is 59.4 Å². The van der Waals surface area contributed by atoms with Crippen molar-refractivity contribution in [2.24, 2.45) is 4.99 Å². The molecule has 0 bridgehead atoms. The number of aliphatic imine (C=N–C) groups is 1. The van der Waals surface area contributed by atoms with Crippen LogP contribution in [0.4, 0.5) is 0 Å². The summed E-state index contributed by atoms with van der Waals surface area (Å²) in [5.41, 5.74) is 3.39. The molecule has 1 aromatic carbocycles. The second-order valence-electron chi connectivity index (χ2n) is 6.13. The predicted molar refractivity (Wildman–Crippen MR) is 103 cm³/mol. The lowest BCUT2D eigenvalue weighted by molar-refractivity contribution is 0.222. The van der Waals surface area contributed by atoms with E-state index in [1.165, 1.54) is 5.56 Å². The highest BCUT2D eigenvalue weighted by Gasteiger charge is 2.07. The molecule has 0 aliphatic carbocycles. The fourth-order valence-corrected chi connectivity index (χ4v) is 2.38. The Labute approximate surface area is 150 Å². The molecule has 1 heterocycles. The van der Waals surface area contributed by atoms with E-state index in [0.717, 1.165) is 35.9 Å². The first kappa shape index (κ1) is 18.8. The number of hydrogen-bond acceptors (Lipinski definition) is 3. The zero-order valence-electron chi connectivity index (χ0n) is 15.5. The lowest BCUT2D eigenvalue weighted by Crippen LogP contribution is -2.42. The van der Waals surface area contributed by atoms with Gasteiger partial charge in [0.05, 0.1) is 6.54 Å². The van der Waals surface area contributed by atoms with Gasteiger partial charge in [0.1, 0.15) is 11.9 Å². The van der Waals surface area contributed by atoms with E-state index in [1.54, 1.807) is 7.05 Å². The molecular weight excluding hydrogens is 312 g/mol. The number of benzene rings is 1. The molecule has 5 heteroatoms. The molecule has 0 aliphatic rings. The summed E-state index contributed by atoms with van der Waals surface area (Å²) in [5.74, 6) is 1.70. The number of para-hydroxylation sites is 1. The average Bonchev–Trinajstić information content (AvgIpc) is 2.61. The molecule has 2 N–H and O–H groups in total. The molecule has 0 radical (unpaired) electrons. The highest BCUT2D eigenvalue weighted by molar-refractivity contribution is 5.79.